The number of hydrogen-bond donors (Lipinski definition) is 0. The zero-order valence-corrected chi connectivity index (χ0v) is 12.6. The Balaban J connectivity index is 2.32. The first-order valence-electron chi connectivity index (χ1n) is 7.58. The van der Waals surface area contributed by atoms with Crippen LogP contribution in [0.5, 0.6) is 0 Å². The van der Waals surface area contributed by atoms with Crippen molar-refractivity contribution in [2.75, 3.05) is 6.54 Å². The number of benzene rings is 1. The van der Waals surface area contributed by atoms with Gasteiger partial charge in [-0.25, -0.2) is 0 Å². The van der Waals surface area contributed by atoms with Gasteiger partial charge >= 0.3 is 0 Å². The molecule has 0 bridgehead atoms. The maximum absolute atomic E-state index is 2.50. The number of allylic oxidation sites excluding steroid dienone is 1. The number of nitrogens with zero attached hydrogens (tertiary/aromatic N) is 1. The fourth-order valence-corrected chi connectivity index (χ4v) is 3.80. The minimum Gasteiger partial charge on any atom is -0.199 e. The monoisotopic (exact) mass is 254 g/mol. The Hall–Kier alpha value is -1.37. The van der Waals surface area contributed by atoms with Gasteiger partial charge < -0.3 is 0 Å². The van der Waals surface area contributed by atoms with Crippen molar-refractivity contribution in [1.82, 2.24) is 0 Å². The third-order valence-corrected chi connectivity index (χ3v) is 5.25. The molecule has 1 heteroatoms. The van der Waals surface area contributed by atoms with Crippen LogP contribution in [-0.2, 0) is 11.8 Å². The van der Waals surface area contributed by atoms with Crippen molar-refractivity contribution in [3.8, 4) is 0 Å². The Morgan fingerprint density at radius 1 is 1.26 bits per heavy atom. The molecule has 19 heavy (non-hydrogen) atoms. The van der Waals surface area contributed by atoms with E-state index in [-0.39, 0.29) is 5.41 Å². The van der Waals surface area contributed by atoms with Gasteiger partial charge in [0.2, 0.25) is 5.69 Å². The van der Waals surface area contributed by atoms with Crippen molar-refractivity contribution >= 4 is 17.5 Å². The maximum atomic E-state index is 2.50. The van der Waals surface area contributed by atoms with Crippen LogP contribution in [0, 0.1) is 0 Å². The molecule has 1 aliphatic heterocycles. The van der Waals surface area contributed by atoms with Crippen molar-refractivity contribution < 1.29 is 4.58 Å². The second-order valence-corrected chi connectivity index (χ2v) is 5.99. The van der Waals surface area contributed by atoms with Crippen LogP contribution in [0.15, 0.2) is 18.2 Å². The van der Waals surface area contributed by atoms with E-state index < -0.39 is 0 Å². The topological polar surface area (TPSA) is 3.01 Å². The molecule has 0 amide bonds. The summed E-state index contributed by atoms with van der Waals surface area (Å²) in [5, 5.41) is 0. The predicted molar refractivity (Wildman–Crippen MR) is 82.6 cm³/mol. The first-order valence-corrected chi connectivity index (χ1v) is 7.58. The van der Waals surface area contributed by atoms with Crippen LogP contribution in [0.2, 0.25) is 0 Å². The van der Waals surface area contributed by atoms with E-state index in [4.69, 9.17) is 0 Å². The fourth-order valence-electron chi connectivity index (χ4n) is 3.80. The summed E-state index contributed by atoms with van der Waals surface area (Å²) >= 11 is 0. The highest BCUT2D eigenvalue weighted by Gasteiger charge is 2.46. The van der Waals surface area contributed by atoms with Crippen LogP contribution in [0.3, 0.4) is 0 Å². The highest BCUT2D eigenvalue weighted by Crippen LogP contribution is 2.46. The Bertz CT molecular complexity index is 592. The van der Waals surface area contributed by atoms with E-state index in [1.807, 2.05) is 0 Å². The summed E-state index contributed by atoms with van der Waals surface area (Å²) in [6.45, 7) is 10.4. The number of hydrogen-bond acceptors (Lipinski definition) is 0. The SMILES string of the molecule is CC[N+]1=C(C)C(C)(CC)c2c1ccc1c2C=CCC1. The molecule has 1 nitrogen and oxygen atoms in total. The molecular formula is C18H24N+. The third-order valence-electron chi connectivity index (χ3n) is 5.25. The van der Waals surface area contributed by atoms with E-state index in [1.54, 1.807) is 5.56 Å². The summed E-state index contributed by atoms with van der Waals surface area (Å²) in [7, 11) is 0. The predicted octanol–water partition coefficient (Wildman–Crippen LogP) is 4.45. The fraction of sp³-hybridized carbons (Fsp3) is 0.500. The van der Waals surface area contributed by atoms with Crippen molar-refractivity contribution in [2.45, 2.75) is 52.4 Å². The Morgan fingerprint density at radius 3 is 2.74 bits per heavy atom. The van der Waals surface area contributed by atoms with E-state index in [9.17, 15) is 0 Å². The molecule has 0 N–H and O–H groups in total. The van der Waals surface area contributed by atoms with Crippen LogP contribution in [0.25, 0.3) is 6.08 Å². The second-order valence-electron chi connectivity index (χ2n) is 5.99. The average Bonchev–Trinajstić information content (AvgIpc) is 2.68. The van der Waals surface area contributed by atoms with Gasteiger partial charge in [0.05, 0.1) is 5.41 Å². The molecule has 1 heterocycles. The molecule has 0 saturated heterocycles. The normalized spacial score (nSPS) is 24.6. The van der Waals surface area contributed by atoms with Crippen LogP contribution in [0.1, 0.15) is 57.2 Å². The van der Waals surface area contributed by atoms with Gasteiger partial charge in [-0.3, -0.25) is 0 Å². The Kier molecular flexibility index (Phi) is 2.88. The van der Waals surface area contributed by atoms with E-state index in [1.165, 1.54) is 41.8 Å². The highest BCUT2D eigenvalue weighted by atomic mass is 15.0. The van der Waals surface area contributed by atoms with Gasteiger partial charge in [0.25, 0.3) is 0 Å². The lowest BCUT2D eigenvalue weighted by Crippen LogP contribution is -2.30. The van der Waals surface area contributed by atoms with Crippen LogP contribution < -0.4 is 0 Å². The summed E-state index contributed by atoms with van der Waals surface area (Å²) in [6, 6.07) is 4.69. The molecule has 0 fully saturated rings. The highest BCUT2D eigenvalue weighted by molar-refractivity contribution is 5.95. The lowest BCUT2D eigenvalue weighted by molar-refractivity contribution is -0.434. The second kappa shape index (κ2) is 4.33. The molecule has 1 unspecified atom stereocenters. The van der Waals surface area contributed by atoms with Gasteiger partial charge in [-0.15, -0.1) is 0 Å². The maximum Gasteiger partial charge on any atom is 0.210 e. The summed E-state index contributed by atoms with van der Waals surface area (Å²) in [5.74, 6) is 0. The van der Waals surface area contributed by atoms with Gasteiger partial charge in [-0.2, -0.15) is 4.58 Å². The molecule has 0 aromatic heterocycles. The van der Waals surface area contributed by atoms with E-state index in [2.05, 4.69) is 56.6 Å². The minimum atomic E-state index is 0.207. The Labute approximate surface area is 116 Å². The van der Waals surface area contributed by atoms with Crippen molar-refractivity contribution in [1.29, 1.82) is 0 Å². The van der Waals surface area contributed by atoms with Crippen molar-refractivity contribution in [3.05, 3.63) is 34.9 Å². The minimum absolute atomic E-state index is 0.207. The molecule has 1 aromatic carbocycles. The summed E-state index contributed by atoms with van der Waals surface area (Å²) < 4.78 is 2.50. The van der Waals surface area contributed by atoms with E-state index >= 15 is 0 Å². The van der Waals surface area contributed by atoms with Gasteiger partial charge in [0, 0.05) is 18.6 Å². The average molecular weight is 254 g/mol. The van der Waals surface area contributed by atoms with Crippen LogP contribution in [-0.4, -0.2) is 16.8 Å². The quantitative estimate of drug-likeness (QED) is 0.686. The van der Waals surface area contributed by atoms with Crippen LogP contribution in [0.4, 0.5) is 5.69 Å². The lowest BCUT2D eigenvalue weighted by Gasteiger charge is -2.24. The first-order chi connectivity index (χ1) is 9.13. The molecule has 0 spiro atoms. The van der Waals surface area contributed by atoms with Gasteiger partial charge in [-0.05, 0) is 44.2 Å². The zero-order chi connectivity index (χ0) is 13.6. The van der Waals surface area contributed by atoms with Crippen molar-refractivity contribution in [2.24, 2.45) is 0 Å². The smallest absolute Gasteiger partial charge is 0.199 e. The van der Waals surface area contributed by atoms with E-state index in [0.29, 0.717) is 0 Å². The molecule has 2 aliphatic rings. The molecule has 1 aromatic rings. The molecule has 1 atom stereocenters. The molecule has 1 aliphatic carbocycles. The molecule has 100 valence electrons. The summed E-state index contributed by atoms with van der Waals surface area (Å²) in [5.41, 5.74) is 7.77. The number of fused-ring (bicyclic) bond motifs is 3. The largest absolute Gasteiger partial charge is 0.210 e. The zero-order valence-electron chi connectivity index (χ0n) is 12.6. The lowest BCUT2D eigenvalue weighted by atomic mass is 9.74. The molecule has 0 radical (unpaired) electrons. The summed E-state index contributed by atoms with van der Waals surface area (Å²) in [6.07, 6.45) is 8.26. The molecule has 0 saturated carbocycles. The first kappa shape index (κ1) is 12.7. The van der Waals surface area contributed by atoms with E-state index in [0.717, 1.165) is 6.54 Å². The third kappa shape index (κ3) is 1.57. The molecule has 3 rings (SSSR count). The number of rotatable bonds is 2. The molecular weight excluding hydrogens is 230 g/mol. The summed E-state index contributed by atoms with van der Waals surface area (Å²) in [4.78, 5) is 0. The number of aryl methyl sites for hydroxylation is 1. The van der Waals surface area contributed by atoms with Crippen molar-refractivity contribution in [3.63, 3.8) is 0 Å². The standard InChI is InChI=1S/C18H24N/c1-5-18(4)13(3)19(6-2)16-12-11-14-9-7-8-10-15(14)17(16)18/h8,10-12H,5-7,9H2,1-4H3/q+1. The van der Waals surface area contributed by atoms with Gasteiger partial charge in [-0.1, -0.05) is 25.1 Å². The van der Waals surface area contributed by atoms with Gasteiger partial charge in [0.15, 0.2) is 5.71 Å². The van der Waals surface area contributed by atoms with Gasteiger partial charge in [0.1, 0.15) is 6.54 Å². The Morgan fingerprint density at radius 2 is 2.05 bits per heavy atom. The van der Waals surface area contributed by atoms with Crippen LogP contribution >= 0.6 is 0 Å².